The maximum Gasteiger partial charge on any atom is 0.305 e. The van der Waals surface area contributed by atoms with E-state index in [1.807, 2.05) is 0 Å². The third-order valence-corrected chi connectivity index (χ3v) is 3.19. The Bertz CT molecular complexity index is 667. The topological polar surface area (TPSA) is 81.4 Å². The smallest absolute Gasteiger partial charge is 0.305 e. The Morgan fingerprint density at radius 2 is 2.00 bits per heavy atom. The van der Waals surface area contributed by atoms with Gasteiger partial charge in [0.2, 0.25) is 0 Å². The van der Waals surface area contributed by atoms with Crippen LogP contribution in [0.1, 0.15) is 29.8 Å². The molecule has 2 rings (SSSR count). The molecule has 0 atom stereocenters. The van der Waals surface area contributed by atoms with Gasteiger partial charge in [0.05, 0.1) is 7.11 Å². The fraction of sp³-hybridized carbons (Fsp3) is 0.312. The maximum atomic E-state index is 12.9. The summed E-state index contributed by atoms with van der Waals surface area (Å²) in [5.41, 5.74) is 0.785. The van der Waals surface area contributed by atoms with E-state index < -0.39 is 0 Å². The highest BCUT2D eigenvalue weighted by Crippen LogP contribution is 2.20. The molecule has 7 heteroatoms. The number of benzene rings is 1. The lowest BCUT2D eigenvalue weighted by atomic mass is 10.1. The second kappa shape index (κ2) is 8.07. The van der Waals surface area contributed by atoms with Crippen molar-refractivity contribution in [1.29, 1.82) is 0 Å². The van der Waals surface area contributed by atoms with Gasteiger partial charge in [-0.1, -0.05) is 5.16 Å². The highest BCUT2D eigenvalue weighted by molar-refractivity contribution is 5.93. The van der Waals surface area contributed by atoms with Crippen LogP contribution in [0.4, 0.5) is 4.39 Å². The Labute approximate surface area is 132 Å². The van der Waals surface area contributed by atoms with Crippen LogP contribution in [0.5, 0.6) is 0 Å². The summed E-state index contributed by atoms with van der Waals surface area (Å²) in [5.74, 6) is -0.587. The van der Waals surface area contributed by atoms with Crippen LogP contribution in [0.3, 0.4) is 0 Å². The number of rotatable bonds is 7. The molecular weight excluding hydrogens is 303 g/mol. The molecule has 0 aliphatic rings. The van der Waals surface area contributed by atoms with E-state index in [4.69, 9.17) is 4.52 Å². The van der Waals surface area contributed by atoms with E-state index >= 15 is 0 Å². The van der Waals surface area contributed by atoms with Crippen LogP contribution in [0.15, 0.2) is 34.9 Å². The number of halogens is 1. The lowest BCUT2D eigenvalue weighted by molar-refractivity contribution is -0.140. The quantitative estimate of drug-likeness (QED) is 0.626. The number of hydrogen-bond donors (Lipinski definition) is 1. The largest absolute Gasteiger partial charge is 0.469 e. The zero-order valence-electron chi connectivity index (χ0n) is 12.7. The number of carbonyl (C=O) groups is 2. The third-order valence-electron chi connectivity index (χ3n) is 3.19. The van der Waals surface area contributed by atoms with Crippen LogP contribution in [-0.4, -0.2) is 30.7 Å². The van der Waals surface area contributed by atoms with Crippen molar-refractivity contribution in [3.05, 3.63) is 41.8 Å². The van der Waals surface area contributed by atoms with E-state index in [1.54, 1.807) is 12.1 Å². The first-order valence-corrected chi connectivity index (χ1v) is 7.18. The van der Waals surface area contributed by atoms with Crippen molar-refractivity contribution in [2.24, 2.45) is 0 Å². The number of nitrogens with zero attached hydrogens (tertiary/aromatic N) is 1. The normalized spacial score (nSPS) is 10.3. The molecule has 2 aromatic rings. The van der Waals surface area contributed by atoms with Crippen molar-refractivity contribution >= 4 is 11.9 Å². The summed E-state index contributed by atoms with van der Waals surface area (Å²) in [6, 6.07) is 7.20. The van der Waals surface area contributed by atoms with Crippen LogP contribution in [0.2, 0.25) is 0 Å². The summed E-state index contributed by atoms with van der Waals surface area (Å²) in [6.45, 7) is 0.425. The Morgan fingerprint density at radius 1 is 1.26 bits per heavy atom. The van der Waals surface area contributed by atoms with Gasteiger partial charge in [-0.05, 0) is 37.1 Å². The zero-order chi connectivity index (χ0) is 16.7. The molecule has 122 valence electrons. The number of methoxy groups -OCH3 is 1. The number of carbonyl (C=O) groups excluding carboxylic acids is 2. The Kier molecular flexibility index (Phi) is 5.85. The minimum absolute atomic E-state index is 0.150. The molecule has 1 amide bonds. The molecule has 0 unspecified atom stereocenters. The van der Waals surface area contributed by atoms with Crippen molar-refractivity contribution in [2.45, 2.75) is 19.3 Å². The molecule has 0 bridgehead atoms. The lowest BCUT2D eigenvalue weighted by Crippen LogP contribution is -2.24. The molecule has 0 aliphatic heterocycles. The number of amides is 1. The second-order valence-electron chi connectivity index (χ2n) is 4.87. The van der Waals surface area contributed by atoms with Gasteiger partial charge < -0.3 is 14.6 Å². The minimum Gasteiger partial charge on any atom is -0.469 e. The molecule has 0 saturated heterocycles. The predicted molar refractivity (Wildman–Crippen MR) is 80.1 cm³/mol. The summed E-state index contributed by atoms with van der Waals surface area (Å²) in [5, 5.41) is 6.39. The van der Waals surface area contributed by atoms with E-state index in [9.17, 15) is 14.0 Å². The second-order valence-corrected chi connectivity index (χ2v) is 4.87. The van der Waals surface area contributed by atoms with Crippen LogP contribution in [-0.2, 0) is 9.53 Å². The van der Waals surface area contributed by atoms with E-state index in [-0.39, 0.29) is 23.4 Å². The number of hydrogen-bond acceptors (Lipinski definition) is 5. The fourth-order valence-corrected chi connectivity index (χ4v) is 1.92. The SMILES string of the molecule is COC(=O)CCCCNC(=O)c1cc(-c2ccc(F)cc2)on1. The number of aromatic nitrogens is 1. The highest BCUT2D eigenvalue weighted by Gasteiger charge is 2.13. The third kappa shape index (κ3) is 4.91. The molecule has 0 aliphatic carbocycles. The van der Waals surface area contributed by atoms with Crippen LogP contribution in [0.25, 0.3) is 11.3 Å². The Morgan fingerprint density at radius 3 is 2.70 bits per heavy atom. The van der Waals surface area contributed by atoms with Crippen molar-refractivity contribution in [1.82, 2.24) is 10.5 Å². The van der Waals surface area contributed by atoms with Gasteiger partial charge >= 0.3 is 5.97 Å². The van der Waals surface area contributed by atoms with E-state index in [0.29, 0.717) is 37.1 Å². The summed E-state index contributed by atoms with van der Waals surface area (Å²) < 4.78 is 22.5. The molecule has 23 heavy (non-hydrogen) atoms. The maximum absolute atomic E-state index is 12.9. The van der Waals surface area contributed by atoms with Gasteiger partial charge in [-0.25, -0.2) is 4.39 Å². The summed E-state index contributed by atoms with van der Waals surface area (Å²) >= 11 is 0. The number of ether oxygens (including phenoxy) is 1. The minimum atomic E-state index is -0.361. The van der Waals surface area contributed by atoms with Crippen molar-refractivity contribution in [3.63, 3.8) is 0 Å². The van der Waals surface area contributed by atoms with Gasteiger partial charge in [-0.3, -0.25) is 9.59 Å². The highest BCUT2D eigenvalue weighted by atomic mass is 19.1. The molecule has 1 N–H and O–H groups in total. The standard InChI is InChI=1S/C16H17FN2O4/c1-22-15(20)4-2-3-9-18-16(21)13-10-14(23-19-13)11-5-7-12(17)8-6-11/h5-8,10H,2-4,9H2,1H3,(H,18,21). The zero-order valence-corrected chi connectivity index (χ0v) is 12.7. The predicted octanol–water partition coefficient (Wildman–Crippen LogP) is 2.55. The first-order chi connectivity index (χ1) is 11.1. The number of esters is 1. The lowest BCUT2D eigenvalue weighted by Gasteiger charge is -2.02. The van der Waals surface area contributed by atoms with Crippen LogP contribution >= 0.6 is 0 Å². The van der Waals surface area contributed by atoms with Gasteiger partial charge in [0.15, 0.2) is 11.5 Å². The molecule has 1 aromatic carbocycles. The van der Waals surface area contributed by atoms with Gasteiger partial charge in [0.1, 0.15) is 5.82 Å². The first-order valence-electron chi connectivity index (χ1n) is 7.18. The van der Waals surface area contributed by atoms with E-state index in [0.717, 1.165) is 0 Å². The molecular formula is C16H17FN2O4. The average Bonchev–Trinajstić information content (AvgIpc) is 3.04. The molecule has 0 radical (unpaired) electrons. The Balaban J connectivity index is 1.82. The van der Waals surface area contributed by atoms with Crippen LogP contribution in [0, 0.1) is 5.82 Å². The molecule has 0 spiro atoms. The summed E-state index contributed by atoms with van der Waals surface area (Å²) in [6.07, 6.45) is 1.61. The summed E-state index contributed by atoms with van der Waals surface area (Å²) in [7, 11) is 1.34. The van der Waals surface area contributed by atoms with Gasteiger partial charge in [-0.2, -0.15) is 0 Å². The van der Waals surface area contributed by atoms with Crippen molar-refractivity contribution in [2.75, 3.05) is 13.7 Å². The molecule has 1 heterocycles. The van der Waals surface area contributed by atoms with Gasteiger partial charge in [-0.15, -0.1) is 0 Å². The molecule has 0 saturated carbocycles. The van der Waals surface area contributed by atoms with Crippen LogP contribution < -0.4 is 5.32 Å². The monoisotopic (exact) mass is 320 g/mol. The van der Waals surface area contributed by atoms with E-state index in [2.05, 4.69) is 15.2 Å². The van der Waals surface area contributed by atoms with Gasteiger partial charge in [0, 0.05) is 24.6 Å². The number of nitrogens with one attached hydrogen (secondary N) is 1. The van der Waals surface area contributed by atoms with Gasteiger partial charge in [0.25, 0.3) is 5.91 Å². The number of unbranched alkanes of at least 4 members (excludes halogenated alkanes) is 1. The molecule has 0 fully saturated rings. The average molecular weight is 320 g/mol. The van der Waals surface area contributed by atoms with E-state index in [1.165, 1.54) is 25.3 Å². The van der Waals surface area contributed by atoms with Crippen molar-refractivity contribution in [3.8, 4) is 11.3 Å². The summed E-state index contributed by atoms with van der Waals surface area (Å²) in [4.78, 5) is 22.8. The molecule has 1 aromatic heterocycles. The molecule has 6 nitrogen and oxygen atoms in total. The van der Waals surface area contributed by atoms with Crippen molar-refractivity contribution < 1.29 is 23.2 Å². The fourth-order valence-electron chi connectivity index (χ4n) is 1.92. The first kappa shape index (κ1) is 16.7. The Hall–Kier alpha value is -2.70.